The number of nitrogens with one attached hydrogen (secondary N) is 1. The Balaban J connectivity index is 2.53. The molecular weight excluding hydrogens is 290 g/mol. The van der Waals surface area contributed by atoms with Gasteiger partial charge >= 0.3 is 0 Å². The molecule has 1 aromatic carbocycles. The lowest BCUT2D eigenvalue weighted by Gasteiger charge is -2.17. The number of aryl methyl sites for hydroxylation is 1. The Labute approximate surface area is 119 Å². The summed E-state index contributed by atoms with van der Waals surface area (Å²) in [4.78, 5) is 0. The van der Waals surface area contributed by atoms with Crippen molar-refractivity contribution in [3.05, 3.63) is 28.2 Å². The van der Waals surface area contributed by atoms with Crippen molar-refractivity contribution in [3.63, 3.8) is 0 Å². The fourth-order valence-corrected chi connectivity index (χ4v) is 2.78. The summed E-state index contributed by atoms with van der Waals surface area (Å²) >= 11 is 3.54. The van der Waals surface area contributed by atoms with Gasteiger partial charge < -0.3 is 10.1 Å². The van der Waals surface area contributed by atoms with Gasteiger partial charge in [-0.25, -0.2) is 0 Å². The maximum atomic E-state index is 5.24. The average molecular weight is 314 g/mol. The van der Waals surface area contributed by atoms with Crippen LogP contribution in [-0.2, 0) is 6.42 Å². The highest BCUT2D eigenvalue weighted by Gasteiger charge is 2.07. The summed E-state index contributed by atoms with van der Waals surface area (Å²) in [6.07, 6.45) is 4.80. The molecule has 1 atom stereocenters. The smallest absolute Gasteiger partial charge is 0.133 e. The molecular formula is C15H24BrNO. The Bertz CT molecular complexity index is 348. The minimum absolute atomic E-state index is 0.640. The Morgan fingerprint density at radius 3 is 2.61 bits per heavy atom. The van der Waals surface area contributed by atoms with Gasteiger partial charge in [0.25, 0.3) is 0 Å². The Kier molecular flexibility index (Phi) is 7.36. The first-order valence-corrected chi connectivity index (χ1v) is 7.56. The molecule has 0 amide bonds. The molecule has 0 bridgehead atoms. The third kappa shape index (κ3) is 4.99. The highest BCUT2D eigenvalue weighted by molar-refractivity contribution is 9.10. The summed E-state index contributed by atoms with van der Waals surface area (Å²) in [7, 11) is 1.70. The van der Waals surface area contributed by atoms with Crippen LogP contribution in [0.4, 0.5) is 0 Å². The molecule has 1 N–H and O–H groups in total. The zero-order valence-electron chi connectivity index (χ0n) is 11.6. The molecule has 2 nitrogen and oxygen atoms in total. The van der Waals surface area contributed by atoms with Gasteiger partial charge in [-0.3, -0.25) is 0 Å². The van der Waals surface area contributed by atoms with Crippen LogP contribution in [0.3, 0.4) is 0 Å². The number of halogens is 1. The lowest BCUT2D eigenvalue weighted by molar-refractivity contribution is 0.411. The zero-order chi connectivity index (χ0) is 13.4. The van der Waals surface area contributed by atoms with Crippen LogP contribution < -0.4 is 10.1 Å². The number of rotatable bonds is 8. The van der Waals surface area contributed by atoms with Crippen molar-refractivity contribution in [2.45, 2.75) is 45.6 Å². The van der Waals surface area contributed by atoms with Crippen LogP contribution in [0.2, 0.25) is 0 Å². The monoisotopic (exact) mass is 313 g/mol. The third-order valence-corrected chi connectivity index (χ3v) is 3.75. The van der Waals surface area contributed by atoms with E-state index in [9.17, 15) is 0 Å². The van der Waals surface area contributed by atoms with E-state index in [4.69, 9.17) is 4.74 Å². The molecule has 0 heterocycles. The van der Waals surface area contributed by atoms with E-state index in [1.807, 2.05) is 6.07 Å². The predicted octanol–water partition coefficient (Wildman–Crippen LogP) is 4.17. The number of hydrogen-bond acceptors (Lipinski definition) is 2. The molecule has 0 aliphatic carbocycles. The lowest BCUT2D eigenvalue weighted by atomic mass is 10.0. The summed E-state index contributed by atoms with van der Waals surface area (Å²) in [5.74, 6) is 0.899. The maximum absolute atomic E-state index is 5.24. The molecule has 102 valence electrons. The van der Waals surface area contributed by atoms with E-state index in [2.05, 4.69) is 47.2 Å². The second kappa shape index (κ2) is 8.54. The van der Waals surface area contributed by atoms with Gasteiger partial charge in [0.15, 0.2) is 0 Å². The largest absolute Gasteiger partial charge is 0.496 e. The summed E-state index contributed by atoms with van der Waals surface area (Å²) in [6, 6.07) is 6.98. The van der Waals surface area contributed by atoms with Gasteiger partial charge in [-0.15, -0.1) is 0 Å². The van der Waals surface area contributed by atoms with Gasteiger partial charge in [-0.2, -0.15) is 0 Å². The summed E-state index contributed by atoms with van der Waals surface area (Å²) in [5.41, 5.74) is 1.36. The molecule has 0 aromatic heterocycles. The van der Waals surface area contributed by atoms with Crippen molar-refractivity contribution in [2.75, 3.05) is 13.7 Å². The second-order valence-corrected chi connectivity index (χ2v) is 5.41. The normalized spacial score (nSPS) is 12.4. The van der Waals surface area contributed by atoms with Crippen molar-refractivity contribution in [1.82, 2.24) is 5.32 Å². The molecule has 0 aliphatic heterocycles. The van der Waals surface area contributed by atoms with Gasteiger partial charge in [-0.05, 0) is 59.4 Å². The third-order valence-electron chi connectivity index (χ3n) is 3.13. The predicted molar refractivity (Wildman–Crippen MR) is 81.4 cm³/mol. The molecule has 0 saturated heterocycles. The molecule has 1 aromatic rings. The van der Waals surface area contributed by atoms with Crippen LogP contribution in [0.5, 0.6) is 5.75 Å². The van der Waals surface area contributed by atoms with E-state index in [1.165, 1.54) is 24.8 Å². The van der Waals surface area contributed by atoms with Crippen LogP contribution in [0.1, 0.15) is 38.7 Å². The number of ether oxygens (including phenoxy) is 1. The lowest BCUT2D eigenvalue weighted by Crippen LogP contribution is -2.29. The van der Waals surface area contributed by atoms with Crippen molar-refractivity contribution in [2.24, 2.45) is 0 Å². The van der Waals surface area contributed by atoms with Crippen LogP contribution in [-0.4, -0.2) is 19.7 Å². The SMILES string of the molecule is CCCC(CCc1ccc(OC)c(Br)c1)NCC. The average Bonchev–Trinajstić information content (AvgIpc) is 2.36. The van der Waals surface area contributed by atoms with Crippen LogP contribution in [0.15, 0.2) is 22.7 Å². The Morgan fingerprint density at radius 2 is 2.06 bits per heavy atom. The summed E-state index contributed by atoms with van der Waals surface area (Å²) in [6.45, 7) is 5.47. The van der Waals surface area contributed by atoms with E-state index in [1.54, 1.807) is 7.11 Å². The minimum atomic E-state index is 0.640. The first-order chi connectivity index (χ1) is 8.71. The van der Waals surface area contributed by atoms with Crippen LogP contribution >= 0.6 is 15.9 Å². The number of hydrogen-bond donors (Lipinski definition) is 1. The van der Waals surface area contributed by atoms with E-state index in [0.29, 0.717) is 6.04 Å². The van der Waals surface area contributed by atoms with E-state index >= 15 is 0 Å². The van der Waals surface area contributed by atoms with Crippen LogP contribution in [0, 0.1) is 0 Å². The molecule has 0 fully saturated rings. The fraction of sp³-hybridized carbons (Fsp3) is 0.600. The van der Waals surface area contributed by atoms with Crippen molar-refractivity contribution < 1.29 is 4.74 Å². The second-order valence-electron chi connectivity index (χ2n) is 4.55. The number of benzene rings is 1. The van der Waals surface area contributed by atoms with E-state index in [0.717, 1.165) is 23.2 Å². The summed E-state index contributed by atoms with van der Waals surface area (Å²) < 4.78 is 6.28. The molecule has 1 unspecified atom stereocenters. The maximum Gasteiger partial charge on any atom is 0.133 e. The highest BCUT2D eigenvalue weighted by Crippen LogP contribution is 2.26. The van der Waals surface area contributed by atoms with Gasteiger partial charge in [0.1, 0.15) is 5.75 Å². The van der Waals surface area contributed by atoms with Gasteiger partial charge in [0.2, 0.25) is 0 Å². The van der Waals surface area contributed by atoms with Crippen molar-refractivity contribution in [3.8, 4) is 5.75 Å². The molecule has 0 saturated carbocycles. The molecule has 0 radical (unpaired) electrons. The highest BCUT2D eigenvalue weighted by atomic mass is 79.9. The molecule has 0 spiro atoms. The van der Waals surface area contributed by atoms with E-state index < -0.39 is 0 Å². The van der Waals surface area contributed by atoms with Gasteiger partial charge in [0.05, 0.1) is 11.6 Å². The first-order valence-electron chi connectivity index (χ1n) is 6.77. The fourth-order valence-electron chi connectivity index (χ4n) is 2.19. The molecule has 18 heavy (non-hydrogen) atoms. The van der Waals surface area contributed by atoms with Crippen LogP contribution in [0.25, 0.3) is 0 Å². The summed E-state index contributed by atoms with van der Waals surface area (Å²) in [5, 5.41) is 3.55. The standard InChI is InChI=1S/C15H24BrNO/c1-4-6-13(17-5-2)9-7-12-8-10-15(18-3)14(16)11-12/h8,10-11,13,17H,4-7,9H2,1-3H3. The zero-order valence-corrected chi connectivity index (χ0v) is 13.2. The van der Waals surface area contributed by atoms with Gasteiger partial charge in [0, 0.05) is 6.04 Å². The Hall–Kier alpha value is -0.540. The van der Waals surface area contributed by atoms with E-state index in [-0.39, 0.29) is 0 Å². The topological polar surface area (TPSA) is 21.3 Å². The first kappa shape index (κ1) is 15.5. The van der Waals surface area contributed by atoms with Crippen molar-refractivity contribution in [1.29, 1.82) is 0 Å². The number of methoxy groups -OCH3 is 1. The Morgan fingerprint density at radius 1 is 1.28 bits per heavy atom. The van der Waals surface area contributed by atoms with Gasteiger partial charge in [-0.1, -0.05) is 26.3 Å². The minimum Gasteiger partial charge on any atom is -0.496 e. The van der Waals surface area contributed by atoms with Crippen molar-refractivity contribution >= 4 is 15.9 Å². The molecule has 1 rings (SSSR count). The molecule has 3 heteroatoms. The molecule has 0 aliphatic rings. The quantitative estimate of drug-likeness (QED) is 0.777.